The highest BCUT2D eigenvalue weighted by molar-refractivity contribution is 6.04. The number of amides is 1. The van der Waals surface area contributed by atoms with Gasteiger partial charge in [-0.1, -0.05) is 32.8 Å². The zero-order valence-electron chi connectivity index (χ0n) is 14.7. The van der Waals surface area contributed by atoms with E-state index in [4.69, 9.17) is 0 Å². The Hall–Kier alpha value is -2.57. The summed E-state index contributed by atoms with van der Waals surface area (Å²) in [6.45, 7) is 4.10. The first-order valence-corrected chi connectivity index (χ1v) is 8.49. The third-order valence-corrected chi connectivity index (χ3v) is 3.85. The number of benzene rings is 1. The molecule has 0 radical (unpaired) electrons. The molecular formula is C19H21F3N2O2. The van der Waals surface area contributed by atoms with Crippen LogP contribution in [0.25, 0.3) is 0 Å². The Morgan fingerprint density at radius 2 is 1.62 bits per heavy atom. The molecule has 26 heavy (non-hydrogen) atoms. The molecule has 0 spiro atoms. The fraction of sp³-hybridized carbons (Fsp3) is 0.368. The summed E-state index contributed by atoms with van der Waals surface area (Å²) in [6.07, 6.45) is -1.08. The number of anilines is 1. The van der Waals surface area contributed by atoms with Crippen molar-refractivity contribution in [3.63, 3.8) is 0 Å². The zero-order chi connectivity index (χ0) is 19.3. The Morgan fingerprint density at radius 1 is 1.04 bits per heavy atom. The van der Waals surface area contributed by atoms with E-state index in [0.717, 1.165) is 42.9 Å². The Kier molecular flexibility index (Phi) is 6.23. The molecule has 0 saturated carbocycles. The lowest BCUT2D eigenvalue weighted by atomic mass is 10.0. The van der Waals surface area contributed by atoms with E-state index < -0.39 is 23.3 Å². The summed E-state index contributed by atoms with van der Waals surface area (Å²) in [5, 5.41) is 2.61. The molecule has 0 saturated heterocycles. The standard InChI is InChI=1S/C19H21F3N2O2/c1-3-5-12-9-13(6-4-2)11-14(10-12)23-17(25)15-7-8-16(19(20,21)22)24-18(15)26/h7-11H,3-6H2,1-2H3,(H,23,25)(H,24,26). The maximum absolute atomic E-state index is 12.6. The molecule has 2 aromatic rings. The van der Waals surface area contributed by atoms with Crippen molar-refractivity contribution in [3.05, 3.63) is 63.1 Å². The van der Waals surface area contributed by atoms with Crippen LogP contribution in [0.2, 0.25) is 0 Å². The average molecular weight is 366 g/mol. The van der Waals surface area contributed by atoms with Crippen LogP contribution < -0.4 is 10.9 Å². The van der Waals surface area contributed by atoms with Crippen LogP contribution in [0.15, 0.2) is 35.1 Å². The van der Waals surface area contributed by atoms with E-state index in [1.165, 1.54) is 0 Å². The Labute approximate surface area is 149 Å². The van der Waals surface area contributed by atoms with Gasteiger partial charge in [-0.05, 0) is 48.2 Å². The largest absolute Gasteiger partial charge is 0.431 e. The number of carbonyl (C=O) groups is 1. The third kappa shape index (κ3) is 4.97. The summed E-state index contributed by atoms with van der Waals surface area (Å²) in [6, 6.07) is 7.29. The van der Waals surface area contributed by atoms with Crippen LogP contribution in [0.4, 0.5) is 18.9 Å². The van der Waals surface area contributed by atoms with Gasteiger partial charge in [-0.25, -0.2) is 0 Å². The van der Waals surface area contributed by atoms with Crippen molar-refractivity contribution in [2.24, 2.45) is 0 Å². The summed E-state index contributed by atoms with van der Waals surface area (Å²) >= 11 is 0. The molecule has 1 amide bonds. The van der Waals surface area contributed by atoms with Crippen molar-refractivity contribution in [2.45, 2.75) is 45.7 Å². The van der Waals surface area contributed by atoms with Gasteiger partial charge in [0.2, 0.25) is 0 Å². The maximum atomic E-state index is 12.6. The van der Waals surface area contributed by atoms with Gasteiger partial charge < -0.3 is 10.3 Å². The number of carbonyl (C=O) groups excluding carboxylic acids is 1. The van der Waals surface area contributed by atoms with Gasteiger partial charge in [-0.3, -0.25) is 9.59 Å². The van der Waals surface area contributed by atoms with E-state index in [9.17, 15) is 22.8 Å². The van der Waals surface area contributed by atoms with Gasteiger partial charge in [0.15, 0.2) is 0 Å². The molecule has 2 rings (SSSR count). The lowest BCUT2D eigenvalue weighted by Gasteiger charge is -2.11. The summed E-state index contributed by atoms with van der Waals surface area (Å²) < 4.78 is 37.8. The minimum atomic E-state index is -4.67. The van der Waals surface area contributed by atoms with Crippen LogP contribution in [-0.2, 0) is 19.0 Å². The molecule has 0 aliphatic carbocycles. The van der Waals surface area contributed by atoms with E-state index >= 15 is 0 Å². The second-order valence-electron chi connectivity index (χ2n) is 6.10. The average Bonchev–Trinajstić information content (AvgIpc) is 2.54. The number of pyridine rings is 1. The number of nitrogens with one attached hydrogen (secondary N) is 2. The molecule has 0 unspecified atom stereocenters. The van der Waals surface area contributed by atoms with Crippen LogP contribution in [-0.4, -0.2) is 10.9 Å². The number of aromatic amines is 1. The molecule has 0 bridgehead atoms. The van der Waals surface area contributed by atoms with E-state index in [1.807, 2.05) is 26.0 Å². The van der Waals surface area contributed by atoms with Crippen molar-refractivity contribution in [2.75, 3.05) is 5.32 Å². The molecule has 140 valence electrons. The van der Waals surface area contributed by atoms with Crippen molar-refractivity contribution in [1.82, 2.24) is 4.98 Å². The first-order valence-electron chi connectivity index (χ1n) is 8.49. The second kappa shape index (κ2) is 8.21. The molecule has 1 aromatic heterocycles. The van der Waals surface area contributed by atoms with Crippen LogP contribution in [0.1, 0.15) is 53.9 Å². The molecular weight excluding hydrogens is 345 g/mol. The van der Waals surface area contributed by atoms with Crippen LogP contribution >= 0.6 is 0 Å². The number of halogens is 3. The molecule has 2 N–H and O–H groups in total. The summed E-state index contributed by atoms with van der Waals surface area (Å²) in [5.74, 6) is -0.740. The van der Waals surface area contributed by atoms with E-state index in [-0.39, 0.29) is 5.56 Å². The van der Waals surface area contributed by atoms with Crippen molar-refractivity contribution >= 4 is 11.6 Å². The molecule has 0 fully saturated rings. The van der Waals surface area contributed by atoms with Gasteiger partial charge in [-0.15, -0.1) is 0 Å². The molecule has 1 heterocycles. The highest BCUT2D eigenvalue weighted by atomic mass is 19.4. The predicted octanol–water partition coefficient (Wildman–Crippen LogP) is 4.55. The monoisotopic (exact) mass is 366 g/mol. The number of H-pyrrole nitrogens is 1. The van der Waals surface area contributed by atoms with E-state index in [0.29, 0.717) is 11.8 Å². The lowest BCUT2D eigenvalue weighted by Crippen LogP contribution is -2.25. The van der Waals surface area contributed by atoms with Gasteiger partial charge in [0, 0.05) is 5.69 Å². The first kappa shape index (κ1) is 19.8. The second-order valence-corrected chi connectivity index (χ2v) is 6.10. The Bertz CT molecular complexity index is 817. The number of alkyl halides is 3. The van der Waals surface area contributed by atoms with Crippen molar-refractivity contribution in [1.29, 1.82) is 0 Å². The number of rotatable bonds is 6. The summed E-state index contributed by atoms with van der Waals surface area (Å²) in [5.41, 5.74) is 0.0369. The number of hydrogen-bond donors (Lipinski definition) is 2. The van der Waals surface area contributed by atoms with Gasteiger partial charge in [0.05, 0.1) is 0 Å². The molecule has 0 aliphatic heterocycles. The topological polar surface area (TPSA) is 62.0 Å². The minimum absolute atomic E-state index is 0.365. The number of aromatic nitrogens is 1. The van der Waals surface area contributed by atoms with Crippen LogP contribution in [0.3, 0.4) is 0 Å². The van der Waals surface area contributed by atoms with E-state index in [2.05, 4.69) is 11.4 Å². The van der Waals surface area contributed by atoms with Gasteiger partial charge >= 0.3 is 6.18 Å². The Balaban J connectivity index is 2.28. The highest BCUT2D eigenvalue weighted by Crippen LogP contribution is 2.26. The molecule has 0 atom stereocenters. The van der Waals surface area contributed by atoms with Crippen LogP contribution in [0.5, 0.6) is 0 Å². The minimum Gasteiger partial charge on any atom is -0.322 e. The lowest BCUT2D eigenvalue weighted by molar-refractivity contribution is -0.141. The maximum Gasteiger partial charge on any atom is 0.431 e. The Morgan fingerprint density at radius 3 is 2.08 bits per heavy atom. The summed E-state index contributed by atoms with van der Waals surface area (Å²) in [7, 11) is 0. The van der Waals surface area contributed by atoms with Gasteiger partial charge in [-0.2, -0.15) is 13.2 Å². The van der Waals surface area contributed by atoms with Gasteiger partial charge in [0.1, 0.15) is 11.3 Å². The first-order chi connectivity index (χ1) is 12.2. The van der Waals surface area contributed by atoms with Crippen molar-refractivity contribution in [3.8, 4) is 0 Å². The van der Waals surface area contributed by atoms with Gasteiger partial charge in [0.25, 0.3) is 11.5 Å². The third-order valence-electron chi connectivity index (χ3n) is 3.85. The van der Waals surface area contributed by atoms with Crippen LogP contribution in [0, 0.1) is 0 Å². The zero-order valence-corrected chi connectivity index (χ0v) is 14.7. The predicted molar refractivity (Wildman–Crippen MR) is 94.4 cm³/mol. The molecule has 4 nitrogen and oxygen atoms in total. The highest BCUT2D eigenvalue weighted by Gasteiger charge is 2.32. The van der Waals surface area contributed by atoms with Crippen molar-refractivity contribution < 1.29 is 18.0 Å². The fourth-order valence-corrected chi connectivity index (χ4v) is 2.72. The van der Waals surface area contributed by atoms with E-state index in [1.54, 1.807) is 4.98 Å². The number of aryl methyl sites for hydroxylation is 2. The molecule has 1 aromatic carbocycles. The molecule has 0 aliphatic rings. The quantitative estimate of drug-likeness (QED) is 0.788. The smallest absolute Gasteiger partial charge is 0.322 e. The molecule has 7 heteroatoms. The summed E-state index contributed by atoms with van der Waals surface area (Å²) in [4.78, 5) is 25.9. The normalized spacial score (nSPS) is 11.4. The number of hydrogen-bond acceptors (Lipinski definition) is 2. The fourth-order valence-electron chi connectivity index (χ4n) is 2.72. The SMILES string of the molecule is CCCc1cc(CCC)cc(NC(=O)c2ccc(C(F)(F)F)[nH]c2=O)c1.